The lowest BCUT2D eigenvalue weighted by Gasteiger charge is -2.24. The van der Waals surface area contributed by atoms with Gasteiger partial charge < -0.3 is 4.43 Å². The highest BCUT2D eigenvalue weighted by Crippen LogP contribution is 2.29. The second-order valence-electron chi connectivity index (χ2n) is 6.01. The Morgan fingerprint density at radius 2 is 1.65 bits per heavy atom. The molecular weight excluding hydrogens is 332 g/mol. The normalized spacial score (nSPS) is 14.6. The lowest BCUT2D eigenvalue weighted by Crippen LogP contribution is -2.26. The predicted octanol–water partition coefficient (Wildman–Crippen LogP) is 5.27. The summed E-state index contributed by atoms with van der Waals surface area (Å²) in [6.45, 7) is 11.9. The molecular formula is C16H23BrO2Si. The third-order valence-corrected chi connectivity index (χ3v) is 4.47. The fourth-order valence-corrected chi connectivity index (χ4v) is 3.58. The smallest absolute Gasteiger partial charge is 0.241 e. The van der Waals surface area contributed by atoms with Crippen LogP contribution < -0.4 is 0 Å². The van der Waals surface area contributed by atoms with Crippen molar-refractivity contribution < 1.29 is 9.22 Å². The van der Waals surface area contributed by atoms with Crippen molar-refractivity contribution in [2.75, 3.05) is 0 Å². The van der Waals surface area contributed by atoms with E-state index in [-0.39, 0.29) is 11.7 Å². The van der Waals surface area contributed by atoms with E-state index in [9.17, 15) is 4.79 Å². The third kappa shape index (κ3) is 4.91. The van der Waals surface area contributed by atoms with E-state index in [1.54, 1.807) is 6.92 Å². The van der Waals surface area contributed by atoms with Crippen molar-refractivity contribution in [1.82, 2.24) is 0 Å². The van der Waals surface area contributed by atoms with E-state index in [4.69, 9.17) is 4.43 Å². The van der Waals surface area contributed by atoms with Gasteiger partial charge in [0.2, 0.25) is 8.32 Å². The Bertz CT molecular complexity index is 512. The predicted molar refractivity (Wildman–Crippen MR) is 90.4 cm³/mol. The minimum atomic E-state index is -1.70. The maximum Gasteiger partial charge on any atom is 0.241 e. The molecule has 1 unspecified atom stereocenters. The molecule has 1 rings (SSSR count). The van der Waals surface area contributed by atoms with Crippen LogP contribution in [-0.2, 0) is 9.22 Å². The minimum Gasteiger partial charge on any atom is -0.547 e. The summed E-state index contributed by atoms with van der Waals surface area (Å²) in [5, 5.41) is 0. The molecule has 0 saturated carbocycles. The molecule has 0 saturated heterocycles. The van der Waals surface area contributed by atoms with Crippen LogP contribution in [0.2, 0.25) is 19.6 Å². The van der Waals surface area contributed by atoms with Crippen molar-refractivity contribution in [3.63, 3.8) is 0 Å². The molecule has 0 aliphatic carbocycles. The van der Waals surface area contributed by atoms with E-state index in [1.807, 2.05) is 31.2 Å². The van der Waals surface area contributed by atoms with Crippen molar-refractivity contribution in [2.24, 2.45) is 0 Å². The molecule has 0 bridgehead atoms. The fourth-order valence-electron chi connectivity index (χ4n) is 2.29. The van der Waals surface area contributed by atoms with Gasteiger partial charge in [-0.25, -0.2) is 0 Å². The second kappa shape index (κ2) is 6.72. The number of rotatable bonds is 5. The maximum atomic E-state index is 12.0. The van der Waals surface area contributed by atoms with Crippen LogP contribution in [0.15, 0.2) is 40.1 Å². The summed E-state index contributed by atoms with van der Waals surface area (Å²) in [6.07, 6.45) is 0. The first-order chi connectivity index (χ1) is 9.11. The number of hydrogen-bond acceptors (Lipinski definition) is 2. The van der Waals surface area contributed by atoms with Gasteiger partial charge in [-0.15, -0.1) is 0 Å². The summed E-state index contributed by atoms with van der Waals surface area (Å²) in [7, 11) is -1.70. The van der Waals surface area contributed by atoms with Crippen molar-refractivity contribution >= 4 is 30.0 Å². The summed E-state index contributed by atoms with van der Waals surface area (Å²) in [5.74, 6) is 0.889. The summed E-state index contributed by atoms with van der Waals surface area (Å²) >= 11 is 3.43. The van der Waals surface area contributed by atoms with Gasteiger partial charge in [-0.1, -0.05) is 35.0 Å². The van der Waals surface area contributed by atoms with Crippen LogP contribution in [0.1, 0.15) is 32.3 Å². The van der Waals surface area contributed by atoms with Crippen molar-refractivity contribution in [2.45, 2.75) is 46.3 Å². The zero-order chi connectivity index (χ0) is 15.5. The van der Waals surface area contributed by atoms with Crippen LogP contribution >= 0.6 is 15.9 Å². The molecule has 0 aliphatic heterocycles. The molecule has 20 heavy (non-hydrogen) atoms. The molecule has 1 aromatic carbocycles. The van der Waals surface area contributed by atoms with E-state index in [1.165, 1.54) is 0 Å². The van der Waals surface area contributed by atoms with E-state index >= 15 is 0 Å². The molecule has 0 aromatic heterocycles. The largest absolute Gasteiger partial charge is 0.547 e. The second-order valence-corrected chi connectivity index (χ2v) is 11.4. The van der Waals surface area contributed by atoms with Gasteiger partial charge in [-0.3, -0.25) is 4.79 Å². The molecule has 0 aliphatic rings. The number of ketones is 1. The molecule has 0 amide bonds. The van der Waals surface area contributed by atoms with Gasteiger partial charge >= 0.3 is 0 Å². The number of carbonyl (C=O) groups excluding carboxylic acids is 1. The quantitative estimate of drug-likeness (QED) is 0.409. The molecule has 0 fully saturated rings. The summed E-state index contributed by atoms with van der Waals surface area (Å²) in [6, 6.07) is 8.08. The fraction of sp³-hybridized carbons (Fsp3) is 0.438. The van der Waals surface area contributed by atoms with Gasteiger partial charge in [0.15, 0.2) is 5.78 Å². The van der Waals surface area contributed by atoms with Crippen molar-refractivity contribution in [3.8, 4) is 0 Å². The Hall–Kier alpha value is -0.873. The SMILES string of the molecule is CC(=O)/C(=C(/C)O[Si](C)(C)C)C(C)c1ccc(Br)cc1. The number of carbonyl (C=O) groups is 1. The first kappa shape index (κ1) is 17.2. The molecule has 0 heterocycles. The summed E-state index contributed by atoms with van der Waals surface area (Å²) in [5.41, 5.74) is 1.90. The van der Waals surface area contributed by atoms with Crippen LogP contribution in [-0.4, -0.2) is 14.1 Å². The maximum absolute atomic E-state index is 12.0. The van der Waals surface area contributed by atoms with E-state index in [0.717, 1.165) is 21.4 Å². The van der Waals surface area contributed by atoms with Gasteiger partial charge in [-0.05, 0) is 51.2 Å². The average Bonchev–Trinajstić information content (AvgIpc) is 2.26. The Labute approximate surface area is 131 Å². The van der Waals surface area contributed by atoms with E-state index in [2.05, 4.69) is 42.5 Å². The zero-order valence-corrected chi connectivity index (χ0v) is 15.7. The van der Waals surface area contributed by atoms with Crippen molar-refractivity contribution in [3.05, 3.63) is 45.6 Å². The molecule has 110 valence electrons. The molecule has 0 N–H and O–H groups in total. The molecule has 4 heteroatoms. The Morgan fingerprint density at radius 1 is 1.15 bits per heavy atom. The molecule has 0 spiro atoms. The highest BCUT2D eigenvalue weighted by molar-refractivity contribution is 9.10. The topological polar surface area (TPSA) is 26.3 Å². The van der Waals surface area contributed by atoms with Gasteiger partial charge in [0.25, 0.3) is 0 Å². The number of benzene rings is 1. The number of hydrogen-bond donors (Lipinski definition) is 0. The highest BCUT2D eigenvalue weighted by Gasteiger charge is 2.23. The molecule has 2 nitrogen and oxygen atoms in total. The Balaban J connectivity index is 3.16. The van der Waals surface area contributed by atoms with Gasteiger partial charge in [0.1, 0.15) is 0 Å². The average molecular weight is 355 g/mol. The number of Topliss-reactive ketones (excluding diaryl/α,β-unsaturated/α-hetero) is 1. The zero-order valence-electron chi connectivity index (χ0n) is 13.1. The van der Waals surface area contributed by atoms with Crippen LogP contribution in [0, 0.1) is 0 Å². The molecule has 1 aromatic rings. The van der Waals surface area contributed by atoms with Crippen LogP contribution in [0.4, 0.5) is 0 Å². The Kier molecular flexibility index (Phi) is 5.77. The third-order valence-electron chi connectivity index (χ3n) is 3.02. The van der Waals surface area contributed by atoms with Gasteiger partial charge in [-0.2, -0.15) is 0 Å². The monoisotopic (exact) mass is 354 g/mol. The first-order valence-corrected chi connectivity index (χ1v) is 11.0. The molecule has 0 radical (unpaired) electrons. The highest BCUT2D eigenvalue weighted by atomic mass is 79.9. The minimum absolute atomic E-state index is 0.0388. The van der Waals surface area contributed by atoms with Crippen LogP contribution in [0.3, 0.4) is 0 Å². The van der Waals surface area contributed by atoms with Gasteiger partial charge in [0, 0.05) is 16.0 Å². The summed E-state index contributed by atoms with van der Waals surface area (Å²) in [4.78, 5) is 12.0. The Morgan fingerprint density at radius 3 is 2.05 bits per heavy atom. The van der Waals surface area contributed by atoms with Crippen LogP contribution in [0.5, 0.6) is 0 Å². The lowest BCUT2D eigenvalue weighted by molar-refractivity contribution is -0.114. The standard InChI is InChI=1S/C16H23BrO2Si/c1-11(14-7-9-15(17)10-8-14)16(12(2)18)13(3)19-20(4,5)6/h7-11H,1-6H3/b16-13-. The first-order valence-electron chi connectivity index (χ1n) is 6.78. The summed E-state index contributed by atoms with van der Waals surface area (Å²) < 4.78 is 7.05. The number of allylic oxidation sites excluding steroid dienone is 2. The van der Waals surface area contributed by atoms with E-state index < -0.39 is 8.32 Å². The van der Waals surface area contributed by atoms with E-state index in [0.29, 0.717) is 0 Å². The number of halogens is 1. The van der Waals surface area contributed by atoms with Crippen LogP contribution in [0.25, 0.3) is 0 Å². The van der Waals surface area contributed by atoms with Crippen molar-refractivity contribution in [1.29, 1.82) is 0 Å². The molecule has 1 atom stereocenters. The van der Waals surface area contributed by atoms with Gasteiger partial charge in [0.05, 0.1) is 5.76 Å². The lowest BCUT2D eigenvalue weighted by atomic mass is 9.90.